The van der Waals surface area contributed by atoms with E-state index in [9.17, 15) is 9.59 Å². The van der Waals surface area contributed by atoms with E-state index >= 15 is 0 Å². The Hall–Kier alpha value is -3.34. The van der Waals surface area contributed by atoms with Gasteiger partial charge in [-0.2, -0.15) is 0 Å². The Kier molecular flexibility index (Phi) is 3.84. The van der Waals surface area contributed by atoms with Crippen molar-refractivity contribution in [2.75, 3.05) is 4.90 Å². The number of hydrogen-bond acceptors (Lipinski definition) is 2. The zero-order valence-corrected chi connectivity index (χ0v) is 14.6. The van der Waals surface area contributed by atoms with Crippen LogP contribution in [0.3, 0.4) is 0 Å². The first kappa shape index (κ1) is 16.1. The zero-order chi connectivity index (χ0) is 18.3. The Balaban J connectivity index is 1.77. The van der Waals surface area contributed by atoms with E-state index in [2.05, 4.69) is 29.8 Å². The van der Waals surface area contributed by atoms with Gasteiger partial charge < -0.3 is 9.88 Å². The summed E-state index contributed by atoms with van der Waals surface area (Å²) in [5.41, 5.74) is 2.85. The highest BCUT2D eigenvalue weighted by atomic mass is 16.2. The molecule has 2 aromatic carbocycles. The third kappa shape index (κ3) is 2.58. The van der Waals surface area contributed by atoms with Crippen LogP contribution in [0.15, 0.2) is 66.5 Å². The number of para-hydroxylation sites is 2. The molecule has 0 spiro atoms. The Labute approximate surface area is 151 Å². The van der Waals surface area contributed by atoms with E-state index < -0.39 is 6.03 Å². The maximum absolute atomic E-state index is 12.8. The van der Waals surface area contributed by atoms with Gasteiger partial charge in [0.15, 0.2) is 0 Å². The lowest BCUT2D eigenvalue weighted by Crippen LogP contribution is -2.30. The predicted molar refractivity (Wildman–Crippen MR) is 103 cm³/mol. The Bertz CT molecular complexity index is 1030. The maximum Gasteiger partial charge on any atom is 0.333 e. The van der Waals surface area contributed by atoms with E-state index in [-0.39, 0.29) is 11.6 Å². The SMILES string of the molecule is CC(C)n1cc(/C=C2\NC(=O)N(c3ccccc3)C2=O)c2ccccc21. The van der Waals surface area contributed by atoms with Crippen molar-refractivity contribution in [2.24, 2.45) is 0 Å². The van der Waals surface area contributed by atoms with Crippen LogP contribution in [0.5, 0.6) is 0 Å². The van der Waals surface area contributed by atoms with Gasteiger partial charge in [0, 0.05) is 28.7 Å². The summed E-state index contributed by atoms with van der Waals surface area (Å²) >= 11 is 0. The summed E-state index contributed by atoms with van der Waals surface area (Å²) in [6.45, 7) is 4.23. The number of nitrogens with zero attached hydrogens (tertiary/aromatic N) is 2. The van der Waals surface area contributed by atoms with Crippen molar-refractivity contribution in [3.8, 4) is 0 Å². The number of urea groups is 1. The molecule has 0 saturated carbocycles. The largest absolute Gasteiger partial charge is 0.344 e. The summed E-state index contributed by atoms with van der Waals surface area (Å²) in [6.07, 6.45) is 3.78. The van der Waals surface area contributed by atoms with Gasteiger partial charge in [-0.15, -0.1) is 0 Å². The number of imide groups is 1. The molecule has 0 atom stereocenters. The van der Waals surface area contributed by atoms with Crippen molar-refractivity contribution in [2.45, 2.75) is 19.9 Å². The Morgan fingerprint density at radius 3 is 2.38 bits per heavy atom. The Morgan fingerprint density at radius 2 is 1.65 bits per heavy atom. The summed E-state index contributed by atoms with van der Waals surface area (Å²) in [7, 11) is 0. The van der Waals surface area contributed by atoms with Gasteiger partial charge in [0.05, 0.1) is 5.69 Å². The van der Waals surface area contributed by atoms with Crippen molar-refractivity contribution >= 4 is 34.6 Å². The molecule has 1 N–H and O–H groups in total. The molecule has 5 nitrogen and oxygen atoms in total. The van der Waals surface area contributed by atoms with E-state index in [1.807, 2.05) is 30.5 Å². The molecule has 4 rings (SSSR count). The number of amides is 3. The molecule has 26 heavy (non-hydrogen) atoms. The second-order valence-electron chi connectivity index (χ2n) is 6.57. The quantitative estimate of drug-likeness (QED) is 0.568. The number of aromatic nitrogens is 1. The van der Waals surface area contributed by atoms with Crippen LogP contribution in [-0.2, 0) is 4.79 Å². The zero-order valence-electron chi connectivity index (χ0n) is 14.6. The maximum atomic E-state index is 12.8. The molecular weight excluding hydrogens is 326 g/mol. The fraction of sp³-hybridized carbons (Fsp3) is 0.143. The number of carbonyl (C=O) groups is 2. The van der Waals surface area contributed by atoms with Crippen LogP contribution < -0.4 is 10.2 Å². The van der Waals surface area contributed by atoms with Gasteiger partial charge in [0.1, 0.15) is 5.70 Å². The molecule has 1 aliphatic rings. The van der Waals surface area contributed by atoms with E-state index in [1.54, 1.807) is 30.3 Å². The van der Waals surface area contributed by atoms with Crippen LogP contribution >= 0.6 is 0 Å². The van der Waals surface area contributed by atoms with Crippen molar-refractivity contribution in [3.05, 3.63) is 72.1 Å². The van der Waals surface area contributed by atoms with Gasteiger partial charge in [-0.1, -0.05) is 36.4 Å². The molecule has 5 heteroatoms. The van der Waals surface area contributed by atoms with E-state index in [4.69, 9.17) is 0 Å². The third-order valence-corrected chi connectivity index (χ3v) is 4.52. The molecule has 0 radical (unpaired) electrons. The Morgan fingerprint density at radius 1 is 0.962 bits per heavy atom. The summed E-state index contributed by atoms with van der Waals surface area (Å²) < 4.78 is 2.16. The molecule has 0 aliphatic carbocycles. The second kappa shape index (κ2) is 6.19. The van der Waals surface area contributed by atoms with E-state index in [0.29, 0.717) is 11.7 Å². The minimum Gasteiger partial charge on any atom is -0.344 e. The molecule has 3 amide bonds. The average Bonchev–Trinajstić information content (AvgIpc) is 3.14. The van der Waals surface area contributed by atoms with Crippen LogP contribution in [-0.4, -0.2) is 16.5 Å². The average molecular weight is 345 g/mol. The summed E-state index contributed by atoms with van der Waals surface area (Å²) in [4.78, 5) is 26.2. The summed E-state index contributed by atoms with van der Waals surface area (Å²) in [6, 6.07) is 16.8. The van der Waals surface area contributed by atoms with Crippen LogP contribution in [0, 0.1) is 0 Å². The standard InChI is InChI=1S/C21H19N3O2/c1-14(2)23-13-15(17-10-6-7-11-19(17)23)12-18-20(25)24(21(26)22-18)16-8-4-3-5-9-16/h3-14H,1-2H3,(H,22,26)/b18-12-. The van der Waals surface area contributed by atoms with E-state index in [1.165, 1.54) is 0 Å². The summed E-state index contributed by atoms with van der Waals surface area (Å²) in [5.74, 6) is -0.345. The normalized spacial score (nSPS) is 16.1. The van der Waals surface area contributed by atoms with E-state index in [0.717, 1.165) is 21.4 Å². The first-order chi connectivity index (χ1) is 12.6. The molecule has 1 aromatic heterocycles. The number of nitrogens with one attached hydrogen (secondary N) is 1. The number of rotatable bonds is 3. The van der Waals surface area contributed by atoms with Gasteiger partial charge >= 0.3 is 6.03 Å². The smallest absolute Gasteiger partial charge is 0.333 e. The second-order valence-corrected chi connectivity index (χ2v) is 6.57. The number of benzene rings is 2. The van der Waals surface area contributed by atoms with Gasteiger partial charge in [-0.3, -0.25) is 4.79 Å². The van der Waals surface area contributed by atoms with Gasteiger partial charge in [0.2, 0.25) is 0 Å². The minimum absolute atomic E-state index is 0.283. The monoisotopic (exact) mass is 345 g/mol. The fourth-order valence-corrected chi connectivity index (χ4v) is 3.28. The highest BCUT2D eigenvalue weighted by Gasteiger charge is 2.34. The van der Waals surface area contributed by atoms with Crippen LogP contribution in [0.1, 0.15) is 25.5 Å². The fourth-order valence-electron chi connectivity index (χ4n) is 3.28. The van der Waals surface area contributed by atoms with Crippen molar-refractivity contribution in [3.63, 3.8) is 0 Å². The molecular formula is C21H19N3O2. The van der Waals surface area contributed by atoms with Gasteiger partial charge in [-0.25, -0.2) is 9.69 Å². The van der Waals surface area contributed by atoms with Gasteiger partial charge in [-0.05, 0) is 38.1 Å². The molecule has 1 fully saturated rings. The van der Waals surface area contributed by atoms with Crippen molar-refractivity contribution in [1.82, 2.24) is 9.88 Å². The molecule has 2 heterocycles. The minimum atomic E-state index is -0.431. The van der Waals surface area contributed by atoms with Crippen LogP contribution in [0.4, 0.5) is 10.5 Å². The number of carbonyl (C=O) groups excluding carboxylic acids is 2. The van der Waals surface area contributed by atoms with Gasteiger partial charge in [0.25, 0.3) is 5.91 Å². The lowest BCUT2D eigenvalue weighted by molar-refractivity contribution is -0.113. The topological polar surface area (TPSA) is 54.3 Å². The number of anilines is 1. The highest BCUT2D eigenvalue weighted by Crippen LogP contribution is 2.28. The van der Waals surface area contributed by atoms with Crippen molar-refractivity contribution in [1.29, 1.82) is 0 Å². The van der Waals surface area contributed by atoms with Crippen LogP contribution in [0.25, 0.3) is 17.0 Å². The predicted octanol–water partition coefficient (Wildman–Crippen LogP) is 4.32. The molecule has 1 aliphatic heterocycles. The van der Waals surface area contributed by atoms with Crippen LogP contribution in [0.2, 0.25) is 0 Å². The van der Waals surface area contributed by atoms with Crippen molar-refractivity contribution < 1.29 is 9.59 Å². The highest BCUT2D eigenvalue weighted by molar-refractivity contribution is 6.28. The molecule has 3 aromatic rings. The number of hydrogen-bond donors (Lipinski definition) is 1. The molecule has 130 valence electrons. The molecule has 0 unspecified atom stereocenters. The third-order valence-electron chi connectivity index (χ3n) is 4.52. The summed E-state index contributed by atoms with van der Waals surface area (Å²) in [5, 5.41) is 3.74. The lowest BCUT2D eigenvalue weighted by atomic mass is 10.1. The number of fused-ring (bicyclic) bond motifs is 1. The first-order valence-corrected chi connectivity index (χ1v) is 8.58. The molecule has 0 bridgehead atoms. The first-order valence-electron chi connectivity index (χ1n) is 8.58. The lowest BCUT2D eigenvalue weighted by Gasteiger charge is -2.10. The molecule has 1 saturated heterocycles.